The van der Waals surface area contributed by atoms with Crippen LogP contribution in [-0.2, 0) is 17.9 Å². The first-order chi connectivity index (χ1) is 15.2. The van der Waals surface area contributed by atoms with E-state index in [1.54, 1.807) is 0 Å². The molecule has 2 aromatic rings. The fraction of sp³-hybridized carbons (Fsp3) is 0.692. The molecular weight excluding hydrogens is 384 g/mol. The van der Waals surface area contributed by atoms with Gasteiger partial charge in [-0.15, -0.1) is 0 Å². The molecule has 2 fully saturated rings. The Bertz CT molecular complexity index is 846. The lowest BCUT2D eigenvalue weighted by Crippen LogP contribution is -2.41. The molecule has 5 heteroatoms. The number of imidazole rings is 1. The summed E-state index contributed by atoms with van der Waals surface area (Å²) in [6, 6.07) is 8.84. The predicted molar refractivity (Wildman–Crippen MR) is 127 cm³/mol. The number of aromatic nitrogens is 2. The minimum atomic E-state index is 0.307. The summed E-state index contributed by atoms with van der Waals surface area (Å²) in [5.74, 6) is 2.30. The molecule has 0 bridgehead atoms. The number of hydrogen-bond donors (Lipinski definition) is 0. The van der Waals surface area contributed by atoms with Gasteiger partial charge in [-0.2, -0.15) is 0 Å². The zero-order valence-corrected chi connectivity index (χ0v) is 19.6. The molecule has 1 aromatic heterocycles. The van der Waals surface area contributed by atoms with Crippen molar-refractivity contribution in [2.45, 2.75) is 90.8 Å². The van der Waals surface area contributed by atoms with E-state index in [-0.39, 0.29) is 0 Å². The second-order valence-corrected chi connectivity index (χ2v) is 9.52. The Balaban J connectivity index is 1.46. The number of rotatable bonds is 8. The fourth-order valence-corrected chi connectivity index (χ4v) is 5.63. The van der Waals surface area contributed by atoms with E-state index >= 15 is 0 Å². The first kappa shape index (κ1) is 22.3. The van der Waals surface area contributed by atoms with Gasteiger partial charge in [-0.1, -0.05) is 44.7 Å². The Kier molecular flexibility index (Phi) is 7.65. The topological polar surface area (TPSA) is 41.4 Å². The van der Waals surface area contributed by atoms with Gasteiger partial charge in [0.25, 0.3) is 0 Å². The molecule has 2 aliphatic rings. The molecule has 1 aliphatic heterocycles. The molecule has 0 radical (unpaired) electrons. The first-order valence-electron chi connectivity index (χ1n) is 12.7. The molecule has 0 N–H and O–H groups in total. The van der Waals surface area contributed by atoms with Gasteiger partial charge in [0.2, 0.25) is 5.91 Å². The van der Waals surface area contributed by atoms with Crippen molar-refractivity contribution in [1.82, 2.24) is 19.4 Å². The molecule has 1 saturated heterocycles. The van der Waals surface area contributed by atoms with Crippen molar-refractivity contribution in [1.29, 1.82) is 0 Å². The number of hydrogen-bond acceptors (Lipinski definition) is 3. The van der Waals surface area contributed by atoms with E-state index in [9.17, 15) is 4.79 Å². The van der Waals surface area contributed by atoms with Crippen LogP contribution in [0.1, 0.15) is 77.5 Å². The van der Waals surface area contributed by atoms with Gasteiger partial charge < -0.3 is 9.47 Å². The number of amides is 1. The number of carbonyl (C=O) groups is 1. The predicted octanol–water partition coefficient (Wildman–Crippen LogP) is 5.23. The number of aryl methyl sites for hydroxylation is 1. The van der Waals surface area contributed by atoms with Crippen molar-refractivity contribution in [3.05, 3.63) is 30.1 Å². The van der Waals surface area contributed by atoms with Crippen LogP contribution in [0.25, 0.3) is 11.0 Å². The highest BCUT2D eigenvalue weighted by atomic mass is 16.2. The summed E-state index contributed by atoms with van der Waals surface area (Å²) in [6.45, 7) is 9.20. The highest BCUT2D eigenvalue weighted by molar-refractivity contribution is 5.78. The molecule has 4 rings (SSSR count). The third-order valence-electron chi connectivity index (χ3n) is 7.61. The van der Waals surface area contributed by atoms with Crippen LogP contribution in [0.2, 0.25) is 0 Å². The molecule has 1 amide bonds. The Labute approximate surface area is 187 Å². The summed E-state index contributed by atoms with van der Waals surface area (Å²) in [5, 5.41) is 0. The van der Waals surface area contributed by atoms with Gasteiger partial charge in [-0.05, 0) is 63.7 Å². The number of fused-ring (bicyclic) bond motifs is 1. The third kappa shape index (κ3) is 5.31. The molecule has 170 valence electrons. The zero-order chi connectivity index (χ0) is 21.6. The smallest absolute Gasteiger partial charge is 0.224 e. The Morgan fingerprint density at radius 3 is 2.52 bits per heavy atom. The summed E-state index contributed by atoms with van der Waals surface area (Å²) in [7, 11) is 0. The lowest BCUT2D eigenvalue weighted by Gasteiger charge is -2.34. The third-order valence-corrected chi connectivity index (χ3v) is 7.61. The van der Waals surface area contributed by atoms with Gasteiger partial charge in [-0.25, -0.2) is 4.98 Å². The van der Waals surface area contributed by atoms with Crippen LogP contribution in [0.3, 0.4) is 0 Å². The summed E-state index contributed by atoms with van der Waals surface area (Å²) >= 11 is 0. The Morgan fingerprint density at radius 1 is 1.06 bits per heavy atom. The van der Waals surface area contributed by atoms with Gasteiger partial charge in [0.15, 0.2) is 0 Å². The Morgan fingerprint density at radius 2 is 1.81 bits per heavy atom. The van der Waals surface area contributed by atoms with E-state index in [1.807, 2.05) is 0 Å². The quantitative estimate of drug-likeness (QED) is 0.583. The normalized spacial score (nSPS) is 19.2. The van der Waals surface area contributed by atoms with Crippen LogP contribution in [0, 0.1) is 5.92 Å². The van der Waals surface area contributed by atoms with Gasteiger partial charge in [0.05, 0.1) is 17.6 Å². The van der Waals surface area contributed by atoms with E-state index in [2.05, 4.69) is 52.5 Å². The maximum absolute atomic E-state index is 13.2. The second-order valence-electron chi connectivity index (χ2n) is 9.52. The van der Waals surface area contributed by atoms with E-state index in [4.69, 9.17) is 4.98 Å². The van der Waals surface area contributed by atoms with Gasteiger partial charge in [0, 0.05) is 25.6 Å². The molecule has 1 aliphatic carbocycles. The van der Waals surface area contributed by atoms with Gasteiger partial charge in [-0.3, -0.25) is 9.69 Å². The highest BCUT2D eigenvalue weighted by Crippen LogP contribution is 2.25. The van der Waals surface area contributed by atoms with Crippen LogP contribution >= 0.6 is 0 Å². The summed E-state index contributed by atoms with van der Waals surface area (Å²) in [6.07, 6.45) is 10.6. The molecule has 31 heavy (non-hydrogen) atoms. The van der Waals surface area contributed by atoms with E-state index in [1.165, 1.54) is 51.4 Å². The maximum Gasteiger partial charge on any atom is 0.224 e. The molecule has 0 spiro atoms. The summed E-state index contributed by atoms with van der Waals surface area (Å²) < 4.78 is 2.31. The van der Waals surface area contributed by atoms with Crippen LogP contribution < -0.4 is 0 Å². The van der Waals surface area contributed by atoms with Crippen molar-refractivity contribution in [3.8, 4) is 0 Å². The van der Waals surface area contributed by atoms with Gasteiger partial charge >= 0.3 is 0 Å². The monoisotopic (exact) mass is 424 g/mol. The van der Waals surface area contributed by atoms with Crippen LogP contribution in [0.5, 0.6) is 0 Å². The molecular formula is C26H40N4O. The summed E-state index contributed by atoms with van der Waals surface area (Å²) in [4.78, 5) is 22.8. The lowest BCUT2D eigenvalue weighted by molar-refractivity contribution is -0.134. The number of piperidine rings is 1. The average molecular weight is 425 g/mol. The lowest BCUT2D eigenvalue weighted by atomic mass is 9.94. The average Bonchev–Trinajstić information content (AvgIpc) is 3.16. The molecule has 0 unspecified atom stereocenters. The minimum absolute atomic E-state index is 0.307. The summed E-state index contributed by atoms with van der Waals surface area (Å²) in [5.41, 5.74) is 2.21. The molecule has 5 nitrogen and oxygen atoms in total. The molecule has 0 atom stereocenters. The first-order valence-corrected chi connectivity index (χ1v) is 12.7. The SMILES string of the molecule is CCC1CCN(Cc2nc3ccccc3n2CCC(=O)N(CC)C2CCCCC2)CC1. The number of para-hydroxylation sites is 2. The van der Waals surface area contributed by atoms with E-state index in [0.29, 0.717) is 18.4 Å². The Hall–Kier alpha value is -1.88. The van der Waals surface area contributed by atoms with E-state index in [0.717, 1.165) is 55.5 Å². The van der Waals surface area contributed by atoms with Crippen LogP contribution in [0.4, 0.5) is 0 Å². The standard InChI is InChI=1S/C26H40N4O/c1-3-21-14-17-28(18-15-21)20-25-27-23-12-8-9-13-24(23)30(25)19-16-26(31)29(4-2)22-10-6-5-7-11-22/h8-9,12-13,21-22H,3-7,10-11,14-20H2,1-2H3. The zero-order valence-electron chi connectivity index (χ0n) is 19.6. The van der Waals surface area contributed by atoms with Crippen molar-refractivity contribution in [2.24, 2.45) is 5.92 Å². The number of nitrogens with zero attached hydrogens (tertiary/aromatic N) is 4. The molecule has 2 heterocycles. The molecule has 1 aromatic carbocycles. The van der Waals surface area contributed by atoms with Crippen molar-refractivity contribution >= 4 is 16.9 Å². The van der Waals surface area contributed by atoms with Crippen molar-refractivity contribution in [2.75, 3.05) is 19.6 Å². The number of carbonyl (C=O) groups excluding carboxylic acids is 1. The van der Waals surface area contributed by atoms with Gasteiger partial charge in [0.1, 0.15) is 5.82 Å². The maximum atomic E-state index is 13.2. The van der Waals surface area contributed by atoms with Crippen LogP contribution in [0.15, 0.2) is 24.3 Å². The highest BCUT2D eigenvalue weighted by Gasteiger charge is 2.25. The van der Waals surface area contributed by atoms with Crippen LogP contribution in [-0.4, -0.2) is 50.9 Å². The minimum Gasteiger partial charge on any atom is -0.340 e. The number of benzene rings is 1. The van der Waals surface area contributed by atoms with Crippen molar-refractivity contribution in [3.63, 3.8) is 0 Å². The number of likely N-dealkylation sites (tertiary alicyclic amines) is 1. The second kappa shape index (κ2) is 10.6. The largest absolute Gasteiger partial charge is 0.340 e. The molecule has 1 saturated carbocycles. The van der Waals surface area contributed by atoms with E-state index < -0.39 is 0 Å². The van der Waals surface area contributed by atoms with Crippen molar-refractivity contribution < 1.29 is 4.79 Å². The fourth-order valence-electron chi connectivity index (χ4n) is 5.63.